The maximum atomic E-state index is 5.60. The highest BCUT2D eigenvalue weighted by Crippen LogP contribution is 2.37. The average molecular weight is 476 g/mol. The van der Waals surface area contributed by atoms with E-state index in [1.54, 1.807) is 18.0 Å². The van der Waals surface area contributed by atoms with E-state index < -0.39 is 0 Å². The minimum absolute atomic E-state index is 0.296. The van der Waals surface area contributed by atoms with E-state index in [0.717, 1.165) is 80.3 Å². The number of fused-ring (bicyclic) bond motifs is 2. The zero-order chi connectivity index (χ0) is 23.9. The van der Waals surface area contributed by atoms with Crippen molar-refractivity contribution in [3.63, 3.8) is 0 Å². The van der Waals surface area contributed by atoms with E-state index in [1.165, 1.54) is 5.56 Å². The van der Waals surface area contributed by atoms with Crippen molar-refractivity contribution in [2.24, 2.45) is 0 Å². The molecule has 0 aliphatic carbocycles. The van der Waals surface area contributed by atoms with E-state index in [2.05, 4.69) is 50.8 Å². The predicted molar refractivity (Wildman–Crippen MR) is 136 cm³/mol. The monoisotopic (exact) mass is 475 g/mol. The number of anilines is 1. The number of nitrogens with zero attached hydrogens (tertiary/aromatic N) is 6. The lowest BCUT2D eigenvalue weighted by atomic mass is 9.99. The third-order valence-electron chi connectivity index (χ3n) is 7.44. The van der Waals surface area contributed by atoms with Crippen LogP contribution in [0, 0.1) is 0 Å². The summed E-state index contributed by atoms with van der Waals surface area (Å²) in [6, 6.07) is 7.01. The first-order chi connectivity index (χ1) is 17.1. The van der Waals surface area contributed by atoms with Gasteiger partial charge in [-0.2, -0.15) is 5.10 Å². The number of ether oxygens (including phenoxy) is 2. The minimum Gasteiger partial charge on any atom is -0.493 e. The molecule has 0 unspecified atom stereocenters. The largest absolute Gasteiger partial charge is 0.493 e. The minimum atomic E-state index is 0.296. The van der Waals surface area contributed by atoms with Gasteiger partial charge in [0.1, 0.15) is 12.1 Å². The van der Waals surface area contributed by atoms with Gasteiger partial charge >= 0.3 is 0 Å². The van der Waals surface area contributed by atoms with Crippen LogP contribution in [0.25, 0.3) is 27.9 Å². The van der Waals surface area contributed by atoms with Gasteiger partial charge in [0.05, 0.1) is 23.8 Å². The Morgan fingerprint density at radius 1 is 1.11 bits per heavy atom. The topological polar surface area (TPSA) is 83.8 Å². The fraction of sp³-hybridized carbons (Fsp3) is 0.500. The molecule has 2 saturated heterocycles. The molecule has 0 aromatic carbocycles. The lowest BCUT2D eigenvalue weighted by molar-refractivity contribution is 0.0321. The second kappa shape index (κ2) is 9.13. The molecule has 0 bridgehead atoms. The van der Waals surface area contributed by atoms with Gasteiger partial charge in [0, 0.05) is 62.8 Å². The summed E-state index contributed by atoms with van der Waals surface area (Å²) in [5.41, 5.74) is 6.07. The molecule has 1 N–H and O–H groups in total. The maximum Gasteiger partial charge on any atom is 0.197 e. The van der Waals surface area contributed by atoms with Crippen LogP contribution in [-0.4, -0.2) is 82.0 Å². The molecular formula is C26H33N7O2. The third-order valence-corrected chi connectivity index (χ3v) is 7.44. The Labute approximate surface area is 205 Å². The van der Waals surface area contributed by atoms with Gasteiger partial charge in [-0.05, 0) is 37.0 Å². The smallest absolute Gasteiger partial charge is 0.197 e. The highest BCUT2D eigenvalue weighted by molar-refractivity contribution is 5.90. The van der Waals surface area contributed by atoms with E-state index >= 15 is 0 Å². The summed E-state index contributed by atoms with van der Waals surface area (Å²) in [7, 11) is 1.66. The molecule has 2 aliphatic heterocycles. The lowest BCUT2D eigenvalue weighted by Gasteiger charge is -2.41. The van der Waals surface area contributed by atoms with Crippen LogP contribution in [0.1, 0.15) is 38.2 Å². The van der Waals surface area contributed by atoms with Gasteiger partial charge < -0.3 is 19.4 Å². The summed E-state index contributed by atoms with van der Waals surface area (Å²) >= 11 is 0. The fourth-order valence-electron chi connectivity index (χ4n) is 5.59. The van der Waals surface area contributed by atoms with Crippen molar-refractivity contribution >= 4 is 22.5 Å². The number of nitrogens with one attached hydrogen (secondary N) is 1. The molecule has 35 heavy (non-hydrogen) atoms. The van der Waals surface area contributed by atoms with Gasteiger partial charge in [-0.1, -0.05) is 13.8 Å². The predicted octanol–water partition coefficient (Wildman–Crippen LogP) is 3.71. The second-order valence-electron chi connectivity index (χ2n) is 9.83. The normalized spacial score (nSPS) is 18.2. The molecule has 184 valence electrons. The van der Waals surface area contributed by atoms with Gasteiger partial charge in [-0.3, -0.25) is 4.90 Å². The second-order valence-corrected chi connectivity index (χ2v) is 9.83. The molecule has 0 radical (unpaired) electrons. The van der Waals surface area contributed by atoms with Crippen molar-refractivity contribution in [2.45, 2.75) is 38.6 Å². The van der Waals surface area contributed by atoms with Crippen LogP contribution in [0.3, 0.4) is 0 Å². The van der Waals surface area contributed by atoms with E-state index in [1.807, 2.05) is 12.3 Å². The molecule has 6 rings (SSSR count). The Bertz CT molecular complexity index is 1330. The third kappa shape index (κ3) is 4.02. The van der Waals surface area contributed by atoms with Crippen molar-refractivity contribution in [2.75, 3.05) is 51.4 Å². The summed E-state index contributed by atoms with van der Waals surface area (Å²) in [6.45, 7) is 10.4. The number of hydrogen-bond acceptors (Lipinski definition) is 7. The SMILES string of the molecule is COc1cc(-c2[nH]c3ccc(N4CCN(C5CCOCC5)CC4)nc3c2C(C)C)cn2ncnc12. The summed E-state index contributed by atoms with van der Waals surface area (Å²) in [5, 5.41) is 4.34. The van der Waals surface area contributed by atoms with Crippen molar-refractivity contribution in [3.05, 3.63) is 36.3 Å². The first-order valence-corrected chi connectivity index (χ1v) is 12.6. The molecule has 6 heterocycles. The number of methoxy groups -OCH3 is 1. The molecule has 4 aromatic heterocycles. The number of hydrogen-bond donors (Lipinski definition) is 1. The van der Waals surface area contributed by atoms with E-state index in [4.69, 9.17) is 14.5 Å². The standard InChI is InChI=1S/C26H33N7O2/c1-17(2)23-24(18-14-21(34-3)26-27-16-28-33(26)15-18)29-20-4-5-22(30-25(20)23)32-10-8-31(9-11-32)19-6-12-35-13-7-19/h4-5,14-17,19,29H,6-13H2,1-3H3. The summed E-state index contributed by atoms with van der Waals surface area (Å²) < 4.78 is 12.9. The molecule has 2 aliphatic rings. The number of piperazine rings is 1. The van der Waals surface area contributed by atoms with E-state index in [9.17, 15) is 0 Å². The van der Waals surface area contributed by atoms with Crippen LogP contribution in [0.5, 0.6) is 5.75 Å². The molecule has 9 nitrogen and oxygen atoms in total. The lowest BCUT2D eigenvalue weighted by Crippen LogP contribution is -2.51. The molecule has 2 fully saturated rings. The molecular weight excluding hydrogens is 442 g/mol. The molecule has 9 heteroatoms. The number of H-pyrrole nitrogens is 1. The van der Waals surface area contributed by atoms with Crippen LogP contribution in [-0.2, 0) is 4.74 Å². The number of aromatic amines is 1. The Morgan fingerprint density at radius 2 is 1.91 bits per heavy atom. The van der Waals surface area contributed by atoms with Crippen molar-refractivity contribution in [1.29, 1.82) is 0 Å². The fourth-order valence-corrected chi connectivity index (χ4v) is 5.59. The number of pyridine rings is 2. The molecule has 0 amide bonds. The summed E-state index contributed by atoms with van der Waals surface area (Å²) in [6.07, 6.45) is 5.85. The van der Waals surface area contributed by atoms with Crippen LogP contribution >= 0.6 is 0 Å². The van der Waals surface area contributed by atoms with Gasteiger partial charge in [-0.25, -0.2) is 14.5 Å². The zero-order valence-corrected chi connectivity index (χ0v) is 20.7. The maximum absolute atomic E-state index is 5.60. The van der Waals surface area contributed by atoms with Crippen LogP contribution in [0.2, 0.25) is 0 Å². The van der Waals surface area contributed by atoms with Crippen molar-refractivity contribution < 1.29 is 9.47 Å². The Morgan fingerprint density at radius 3 is 2.66 bits per heavy atom. The van der Waals surface area contributed by atoms with E-state index in [-0.39, 0.29) is 0 Å². The first kappa shape index (κ1) is 22.3. The summed E-state index contributed by atoms with van der Waals surface area (Å²) in [4.78, 5) is 18.2. The summed E-state index contributed by atoms with van der Waals surface area (Å²) in [5.74, 6) is 2.05. The number of rotatable bonds is 5. The van der Waals surface area contributed by atoms with Gasteiger partial charge in [0.25, 0.3) is 0 Å². The zero-order valence-electron chi connectivity index (χ0n) is 20.7. The van der Waals surface area contributed by atoms with Crippen molar-refractivity contribution in [1.82, 2.24) is 29.5 Å². The molecule has 0 saturated carbocycles. The van der Waals surface area contributed by atoms with Crippen molar-refractivity contribution in [3.8, 4) is 17.0 Å². The Kier molecular flexibility index (Phi) is 5.82. The Hall–Kier alpha value is -3.17. The average Bonchev–Trinajstić information content (AvgIpc) is 3.53. The Balaban J connectivity index is 1.32. The van der Waals surface area contributed by atoms with E-state index in [0.29, 0.717) is 23.4 Å². The molecule has 0 spiro atoms. The highest BCUT2D eigenvalue weighted by Gasteiger charge is 2.27. The van der Waals surface area contributed by atoms with Crippen LogP contribution in [0.4, 0.5) is 5.82 Å². The highest BCUT2D eigenvalue weighted by atomic mass is 16.5. The van der Waals surface area contributed by atoms with Crippen LogP contribution in [0.15, 0.2) is 30.7 Å². The molecule has 0 atom stereocenters. The quantitative estimate of drug-likeness (QED) is 0.471. The number of aromatic nitrogens is 5. The molecule has 4 aromatic rings. The van der Waals surface area contributed by atoms with Crippen LogP contribution < -0.4 is 9.64 Å². The van der Waals surface area contributed by atoms with Gasteiger partial charge in [-0.15, -0.1) is 0 Å². The first-order valence-electron chi connectivity index (χ1n) is 12.6. The van der Waals surface area contributed by atoms with Gasteiger partial charge in [0.15, 0.2) is 11.4 Å². The van der Waals surface area contributed by atoms with Gasteiger partial charge in [0.2, 0.25) is 0 Å².